The van der Waals surface area contributed by atoms with Gasteiger partial charge in [-0.15, -0.1) is 0 Å². The molecule has 0 saturated carbocycles. The molecule has 0 bridgehead atoms. The Hall–Kier alpha value is -4.45. The van der Waals surface area contributed by atoms with E-state index in [2.05, 4.69) is 6.92 Å². The Balaban J connectivity index is 1.39. The Bertz CT molecular complexity index is 1340. The highest BCUT2D eigenvalue weighted by Crippen LogP contribution is 2.37. The van der Waals surface area contributed by atoms with E-state index in [9.17, 15) is 4.79 Å². The Morgan fingerprint density at radius 2 is 1.41 bits per heavy atom. The maximum atomic E-state index is 10.9. The van der Waals surface area contributed by atoms with E-state index in [1.54, 1.807) is 0 Å². The summed E-state index contributed by atoms with van der Waals surface area (Å²) < 4.78 is 24.4. The minimum Gasteiger partial charge on any atom is -0.493 e. The lowest BCUT2D eigenvalue weighted by molar-refractivity contribution is -0.136. The second kappa shape index (κ2) is 13.9. The largest absolute Gasteiger partial charge is 0.493 e. The molecular formula is C33H34O6. The topological polar surface area (TPSA) is 74.2 Å². The van der Waals surface area contributed by atoms with Crippen LogP contribution in [0.1, 0.15) is 37.8 Å². The van der Waals surface area contributed by atoms with Crippen molar-refractivity contribution in [2.45, 2.75) is 45.6 Å². The molecule has 39 heavy (non-hydrogen) atoms. The second-order valence-corrected chi connectivity index (χ2v) is 9.18. The first-order chi connectivity index (χ1) is 19.0. The second-order valence-electron chi connectivity index (χ2n) is 9.18. The molecule has 0 aliphatic rings. The lowest BCUT2D eigenvalue weighted by Gasteiger charge is -2.19. The van der Waals surface area contributed by atoms with Gasteiger partial charge in [-0.05, 0) is 79.4 Å². The number of rotatable bonds is 14. The molecule has 0 unspecified atom stereocenters. The first-order valence-corrected chi connectivity index (χ1v) is 13.2. The van der Waals surface area contributed by atoms with Crippen LogP contribution < -0.4 is 18.9 Å². The third-order valence-electron chi connectivity index (χ3n) is 6.15. The minimum absolute atomic E-state index is 0.122. The van der Waals surface area contributed by atoms with Gasteiger partial charge >= 0.3 is 5.97 Å². The molecule has 4 aromatic rings. The zero-order chi connectivity index (χ0) is 27.5. The summed E-state index contributed by atoms with van der Waals surface area (Å²) in [4.78, 5) is 10.9. The number of benzene rings is 4. The average molecular weight is 527 g/mol. The standard InChI is InChI=1S/C33H34O6/c1-3-25-22-29(16-14-26(25)15-19-33(34)35)36-21-20-24(2)37-31-18-17-30(38-27-10-6-4-7-11-27)23-32(31)39-28-12-8-5-9-13-28/h4-14,16-18,22-24H,3,15,19-21H2,1-2H3,(H,34,35)/t24-/m1/s1. The fourth-order valence-corrected chi connectivity index (χ4v) is 4.09. The Kier molecular flexibility index (Phi) is 9.84. The van der Waals surface area contributed by atoms with Crippen molar-refractivity contribution in [1.29, 1.82) is 0 Å². The van der Waals surface area contributed by atoms with Gasteiger partial charge in [0.25, 0.3) is 0 Å². The highest BCUT2D eigenvalue weighted by Gasteiger charge is 2.14. The normalized spacial score (nSPS) is 11.4. The SMILES string of the molecule is CCc1cc(OCC[C@@H](C)Oc2ccc(Oc3ccccc3)cc2Oc2ccccc2)ccc1CCC(=O)O. The highest BCUT2D eigenvalue weighted by atomic mass is 16.5. The average Bonchev–Trinajstić information content (AvgIpc) is 2.94. The molecule has 0 aliphatic heterocycles. The van der Waals surface area contributed by atoms with E-state index >= 15 is 0 Å². The number of carbonyl (C=O) groups is 1. The summed E-state index contributed by atoms with van der Waals surface area (Å²) in [7, 11) is 0. The summed E-state index contributed by atoms with van der Waals surface area (Å²) in [6.07, 6.45) is 1.99. The van der Waals surface area contributed by atoms with Gasteiger partial charge in [-0.3, -0.25) is 4.79 Å². The van der Waals surface area contributed by atoms with Crippen LogP contribution in [0.3, 0.4) is 0 Å². The lowest BCUT2D eigenvalue weighted by Crippen LogP contribution is -2.16. The lowest BCUT2D eigenvalue weighted by atomic mass is 10.0. The number of aryl methyl sites for hydroxylation is 2. The van der Waals surface area contributed by atoms with Crippen molar-refractivity contribution in [3.63, 3.8) is 0 Å². The van der Waals surface area contributed by atoms with Crippen molar-refractivity contribution in [2.75, 3.05) is 6.61 Å². The molecule has 202 valence electrons. The van der Waals surface area contributed by atoms with Gasteiger partial charge in [0.05, 0.1) is 12.7 Å². The van der Waals surface area contributed by atoms with Crippen LogP contribution in [0.25, 0.3) is 0 Å². The Morgan fingerprint density at radius 1 is 0.744 bits per heavy atom. The predicted octanol–water partition coefficient (Wildman–Crippen LogP) is 8.09. The molecular weight excluding hydrogens is 492 g/mol. The van der Waals surface area contributed by atoms with Crippen molar-refractivity contribution >= 4 is 5.97 Å². The Labute approximate surface area is 229 Å². The Morgan fingerprint density at radius 3 is 2.08 bits per heavy atom. The molecule has 0 radical (unpaired) electrons. The minimum atomic E-state index is -0.790. The number of carboxylic acid groups (broad SMARTS) is 1. The molecule has 0 fully saturated rings. The quantitative estimate of drug-likeness (QED) is 0.179. The first-order valence-electron chi connectivity index (χ1n) is 13.2. The van der Waals surface area contributed by atoms with Crippen LogP contribution >= 0.6 is 0 Å². The molecule has 6 heteroatoms. The highest BCUT2D eigenvalue weighted by molar-refractivity contribution is 5.67. The van der Waals surface area contributed by atoms with Gasteiger partial charge < -0.3 is 24.1 Å². The summed E-state index contributed by atoms with van der Waals surface area (Å²) >= 11 is 0. The summed E-state index contributed by atoms with van der Waals surface area (Å²) in [6.45, 7) is 4.53. The van der Waals surface area contributed by atoms with Crippen LogP contribution in [0.2, 0.25) is 0 Å². The van der Waals surface area contributed by atoms with Crippen molar-refractivity contribution in [3.8, 4) is 34.5 Å². The number of hydrogen-bond donors (Lipinski definition) is 1. The predicted molar refractivity (Wildman–Crippen MR) is 151 cm³/mol. The molecule has 4 rings (SSSR count). The van der Waals surface area contributed by atoms with Gasteiger partial charge in [0, 0.05) is 18.9 Å². The van der Waals surface area contributed by atoms with Gasteiger partial charge in [0.2, 0.25) is 0 Å². The molecule has 6 nitrogen and oxygen atoms in total. The van der Waals surface area contributed by atoms with E-state index in [1.165, 1.54) is 0 Å². The zero-order valence-corrected chi connectivity index (χ0v) is 22.3. The van der Waals surface area contributed by atoms with E-state index in [4.69, 9.17) is 24.1 Å². The fourth-order valence-electron chi connectivity index (χ4n) is 4.09. The maximum absolute atomic E-state index is 10.9. The van der Waals surface area contributed by atoms with Gasteiger partial charge in [0.1, 0.15) is 23.0 Å². The van der Waals surface area contributed by atoms with Crippen LogP contribution in [0.5, 0.6) is 34.5 Å². The third-order valence-corrected chi connectivity index (χ3v) is 6.15. The third kappa shape index (κ3) is 8.54. The van der Waals surface area contributed by atoms with Crippen LogP contribution in [0, 0.1) is 0 Å². The molecule has 1 N–H and O–H groups in total. The monoisotopic (exact) mass is 526 g/mol. The molecule has 0 amide bonds. The van der Waals surface area contributed by atoms with Gasteiger partial charge in [-0.1, -0.05) is 49.4 Å². The van der Waals surface area contributed by atoms with Crippen molar-refractivity contribution in [3.05, 3.63) is 108 Å². The van der Waals surface area contributed by atoms with Gasteiger partial charge in [-0.25, -0.2) is 0 Å². The van der Waals surface area contributed by atoms with Crippen molar-refractivity contribution in [1.82, 2.24) is 0 Å². The van der Waals surface area contributed by atoms with Crippen molar-refractivity contribution < 1.29 is 28.8 Å². The molecule has 1 atom stereocenters. The van der Waals surface area contributed by atoms with Crippen LogP contribution in [0.15, 0.2) is 97.1 Å². The van der Waals surface area contributed by atoms with E-state index in [1.807, 2.05) is 104 Å². The number of aliphatic carboxylic acids is 1. The molecule has 0 aromatic heterocycles. The van der Waals surface area contributed by atoms with Crippen molar-refractivity contribution in [2.24, 2.45) is 0 Å². The van der Waals surface area contributed by atoms with Crippen LogP contribution in [-0.4, -0.2) is 23.8 Å². The summed E-state index contributed by atoms with van der Waals surface area (Å²) in [6, 6.07) is 30.6. The maximum Gasteiger partial charge on any atom is 0.303 e. The molecule has 0 aliphatic carbocycles. The fraction of sp³-hybridized carbons (Fsp3) is 0.242. The van der Waals surface area contributed by atoms with Gasteiger partial charge in [0.15, 0.2) is 11.5 Å². The van der Waals surface area contributed by atoms with E-state index in [0.29, 0.717) is 42.4 Å². The summed E-state index contributed by atoms with van der Waals surface area (Å²) in [5.41, 5.74) is 2.16. The first kappa shape index (κ1) is 27.6. The van der Waals surface area contributed by atoms with Crippen LogP contribution in [-0.2, 0) is 17.6 Å². The van der Waals surface area contributed by atoms with E-state index < -0.39 is 5.97 Å². The molecule has 0 heterocycles. The van der Waals surface area contributed by atoms with Crippen LogP contribution in [0.4, 0.5) is 0 Å². The number of para-hydroxylation sites is 2. The van der Waals surface area contributed by atoms with E-state index in [-0.39, 0.29) is 12.5 Å². The molecule has 0 spiro atoms. The summed E-state index contributed by atoms with van der Waals surface area (Å²) in [5, 5.41) is 8.98. The zero-order valence-electron chi connectivity index (χ0n) is 22.3. The van der Waals surface area contributed by atoms with Gasteiger partial charge in [-0.2, -0.15) is 0 Å². The molecule has 4 aromatic carbocycles. The number of hydrogen-bond acceptors (Lipinski definition) is 5. The number of ether oxygens (including phenoxy) is 4. The van der Waals surface area contributed by atoms with E-state index in [0.717, 1.165) is 29.0 Å². The smallest absolute Gasteiger partial charge is 0.303 e. The number of carboxylic acids is 1. The summed E-state index contributed by atoms with van der Waals surface area (Å²) in [5.74, 6) is 3.25. The molecule has 0 saturated heterocycles.